The molecule has 1 fully saturated rings. The quantitative estimate of drug-likeness (QED) is 0.699. The molecule has 0 unspecified atom stereocenters. The standard InChI is InChI=1S/C24H26N4O/c1-17-8-10-19(11-9-17)18(2)27-23(29)21-7-5-6-20(14-21)22-15-25-24(26-16-22)28-12-3-4-13-28/h5-11,14-16,18H,3-4,12-13H2,1-2H3,(H,27,29)/t18-/m1/s1. The molecular weight excluding hydrogens is 360 g/mol. The van der Waals surface area contributed by atoms with E-state index in [-0.39, 0.29) is 11.9 Å². The van der Waals surface area contributed by atoms with Gasteiger partial charge in [-0.1, -0.05) is 42.0 Å². The second kappa shape index (κ2) is 8.43. The van der Waals surface area contributed by atoms with E-state index in [0.717, 1.165) is 35.7 Å². The number of amides is 1. The molecule has 2 aromatic carbocycles. The molecule has 5 nitrogen and oxygen atoms in total. The Kier molecular flexibility index (Phi) is 5.56. The summed E-state index contributed by atoms with van der Waals surface area (Å²) in [6.07, 6.45) is 6.08. The molecule has 0 radical (unpaired) electrons. The molecule has 148 valence electrons. The predicted molar refractivity (Wildman–Crippen MR) is 116 cm³/mol. The molecule has 2 heterocycles. The number of hydrogen-bond donors (Lipinski definition) is 1. The average molecular weight is 386 g/mol. The minimum atomic E-state index is -0.0884. The van der Waals surface area contributed by atoms with Crippen LogP contribution in [-0.4, -0.2) is 29.0 Å². The number of carbonyl (C=O) groups excluding carboxylic acids is 1. The molecule has 1 aliphatic rings. The van der Waals surface area contributed by atoms with Crippen LogP contribution in [0.2, 0.25) is 0 Å². The molecule has 1 aliphatic heterocycles. The van der Waals surface area contributed by atoms with Crippen molar-refractivity contribution in [3.63, 3.8) is 0 Å². The molecule has 0 saturated carbocycles. The van der Waals surface area contributed by atoms with Crippen molar-refractivity contribution in [1.82, 2.24) is 15.3 Å². The third-order valence-electron chi connectivity index (χ3n) is 5.41. The zero-order chi connectivity index (χ0) is 20.2. The summed E-state index contributed by atoms with van der Waals surface area (Å²) in [5, 5.41) is 3.08. The number of aromatic nitrogens is 2. The van der Waals surface area contributed by atoms with Crippen LogP contribution in [0.15, 0.2) is 60.9 Å². The van der Waals surface area contributed by atoms with Crippen LogP contribution >= 0.6 is 0 Å². The van der Waals surface area contributed by atoms with E-state index < -0.39 is 0 Å². The summed E-state index contributed by atoms with van der Waals surface area (Å²) < 4.78 is 0. The van der Waals surface area contributed by atoms with Crippen molar-refractivity contribution in [2.45, 2.75) is 32.7 Å². The summed E-state index contributed by atoms with van der Waals surface area (Å²) in [4.78, 5) is 24.0. The summed E-state index contributed by atoms with van der Waals surface area (Å²) in [6, 6.07) is 15.8. The van der Waals surface area contributed by atoms with Crippen LogP contribution in [0.25, 0.3) is 11.1 Å². The van der Waals surface area contributed by atoms with E-state index >= 15 is 0 Å². The lowest BCUT2D eigenvalue weighted by Gasteiger charge is -2.16. The number of anilines is 1. The third-order valence-corrected chi connectivity index (χ3v) is 5.41. The molecule has 1 amide bonds. The van der Waals surface area contributed by atoms with Crippen molar-refractivity contribution in [2.75, 3.05) is 18.0 Å². The predicted octanol–water partition coefficient (Wildman–Crippen LogP) is 4.54. The molecule has 29 heavy (non-hydrogen) atoms. The maximum atomic E-state index is 12.8. The molecule has 1 aromatic heterocycles. The van der Waals surface area contributed by atoms with Crippen molar-refractivity contribution in [2.24, 2.45) is 0 Å². The first kappa shape index (κ1) is 19.1. The van der Waals surface area contributed by atoms with Gasteiger partial charge in [-0.3, -0.25) is 4.79 Å². The molecule has 0 spiro atoms. The Morgan fingerprint density at radius 3 is 2.38 bits per heavy atom. The van der Waals surface area contributed by atoms with Crippen molar-refractivity contribution >= 4 is 11.9 Å². The third kappa shape index (κ3) is 4.45. The lowest BCUT2D eigenvalue weighted by atomic mass is 10.0. The Morgan fingerprint density at radius 2 is 1.69 bits per heavy atom. The summed E-state index contributed by atoms with van der Waals surface area (Å²) in [5.41, 5.74) is 4.77. The largest absolute Gasteiger partial charge is 0.346 e. The van der Waals surface area contributed by atoms with Gasteiger partial charge in [-0.2, -0.15) is 0 Å². The molecule has 0 aliphatic carbocycles. The first-order valence-corrected chi connectivity index (χ1v) is 10.1. The molecule has 1 saturated heterocycles. The fourth-order valence-corrected chi connectivity index (χ4v) is 3.61. The number of nitrogens with zero attached hydrogens (tertiary/aromatic N) is 3. The van der Waals surface area contributed by atoms with Crippen LogP contribution in [0, 0.1) is 6.92 Å². The van der Waals surface area contributed by atoms with Crippen LogP contribution in [0.3, 0.4) is 0 Å². The minimum absolute atomic E-state index is 0.0603. The smallest absolute Gasteiger partial charge is 0.251 e. The van der Waals surface area contributed by atoms with Gasteiger partial charge in [0.15, 0.2) is 0 Å². The highest BCUT2D eigenvalue weighted by Gasteiger charge is 2.15. The maximum absolute atomic E-state index is 12.8. The van der Waals surface area contributed by atoms with Crippen LogP contribution in [0.4, 0.5) is 5.95 Å². The van der Waals surface area contributed by atoms with Gasteiger partial charge >= 0.3 is 0 Å². The second-order valence-electron chi connectivity index (χ2n) is 7.65. The van der Waals surface area contributed by atoms with E-state index in [2.05, 4.69) is 51.4 Å². The van der Waals surface area contributed by atoms with Gasteiger partial charge in [0.2, 0.25) is 5.95 Å². The van der Waals surface area contributed by atoms with Gasteiger partial charge in [0.25, 0.3) is 5.91 Å². The lowest BCUT2D eigenvalue weighted by molar-refractivity contribution is 0.0940. The maximum Gasteiger partial charge on any atom is 0.251 e. The zero-order valence-corrected chi connectivity index (χ0v) is 16.9. The van der Waals surface area contributed by atoms with Gasteiger partial charge < -0.3 is 10.2 Å². The Labute approximate surface area is 171 Å². The first-order valence-electron chi connectivity index (χ1n) is 10.1. The fraction of sp³-hybridized carbons (Fsp3) is 0.292. The summed E-state index contributed by atoms with van der Waals surface area (Å²) in [6.45, 7) is 6.10. The van der Waals surface area contributed by atoms with Gasteiger partial charge in [0, 0.05) is 36.6 Å². The van der Waals surface area contributed by atoms with Crippen molar-refractivity contribution < 1.29 is 4.79 Å². The van der Waals surface area contributed by atoms with E-state index in [9.17, 15) is 4.79 Å². The van der Waals surface area contributed by atoms with E-state index in [1.807, 2.05) is 43.6 Å². The topological polar surface area (TPSA) is 58.1 Å². The van der Waals surface area contributed by atoms with E-state index in [1.165, 1.54) is 18.4 Å². The Bertz CT molecular complexity index is 977. The molecule has 5 heteroatoms. The minimum Gasteiger partial charge on any atom is -0.346 e. The number of aryl methyl sites for hydroxylation is 1. The van der Waals surface area contributed by atoms with Crippen LogP contribution in [0.1, 0.15) is 47.3 Å². The van der Waals surface area contributed by atoms with Crippen LogP contribution in [-0.2, 0) is 0 Å². The van der Waals surface area contributed by atoms with Gasteiger partial charge in [0.1, 0.15) is 0 Å². The zero-order valence-electron chi connectivity index (χ0n) is 16.9. The number of hydrogen-bond acceptors (Lipinski definition) is 4. The van der Waals surface area contributed by atoms with E-state index in [1.54, 1.807) is 0 Å². The Balaban J connectivity index is 1.47. The number of rotatable bonds is 5. The lowest BCUT2D eigenvalue weighted by Crippen LogP contribution is -2.26. The summed E-state index contributed by atoms with van der Waals surface area (Å²) in [5.74, 6) is 0.696. The number of carbonyl (C=O) groups is 1. The molecule has 0 bridgehead atoms. The SMILES string of the molecule is Cc1ccc([C@@H](C)NC(=O)c2cccc(-c3cnc(N4CCCC4)nc3)c2)cc1. The van der Waals surface area contributed by atoms with Crippen molar-refractivity contribution in [1.29, 1.82) is 0 Å². The van der Waals surface area contributed by atoms with Crippen LogP contribution in [0.5, 0.6) is 0 Å². The normalized spacial score (nSPS) is 14.6. The van der Waals surface area contributed by atoms with Gasteiger partial charge in [0.05, 0.1) is 6.04 Å². The van der Waals surface area contributed by atoms with Gasteiger partial charge in [-0.25, -0.2) is 9.97 Å². The van der Waals surface area contributed by atoms with E-state index in [0.29, 0.717) is 5.56 Å². The van der Waals surface area contributed by atoms with Gasteiger partial charge in [-0.15, -0.1) is 0 Å². The molecule has 1 atom stereocenters. The van der Waals surface area contributed by atoms with Crippen molar-refractivity contribution in [3.8, 4) is 11.1 Å². The molecule has 3 aromatic rings. The molecule has 1 N–H and O–H groups in total. The summed E-state index contributed by atoms with van der Waals surface area (Å²) in [7, 11) is 0. The van der Waals surface area contributed by atoms with Crippen LogP contribution < -0.4 is 10.2 Å². The number of nitrogens with one attached hydrogen (secondary N) is 1. The monoisotopic (exact) mass is 386 g/mol. The molecule has 4 rings (SSSR count). The van der Waals surface area contributed by atoms with Gasteiger partial charge in [-0.05, 0) is 49.9 Å². The second-order valence-corrected chi connectivity index (χ2v) is 7.65. The average Bonchev–Trinajstić information content (AvgIpc) is 3.29. The van der Waals surface area contributed by atoms with Crippen molar-refractivity contribution in [3.05, 3.63) is 77.6 Å². The Hall–Kier alpha value is -3.21. The molecular formula is C24H26N4O. The number of benzene rings is 2. The fourth-order valence-electron chi connectivity index (χ4n) is 3.61. The highest BCUT2D eigenvalue weighted by molar-refractivity contribution is 5.95. The highest BCUT2D eigenvalue weighted by Crippen LogP contribution is 2.22. The first-order chi connectivity index (χ1) is 14.1. The summed E-state index contributed by atoms with van der Waals surface area (Å²) >= 11 is 0. The van der Waals surface area contributed by atoms with E-state index in [4.69, 9.17) is 0 Å². The Morgan fingerprint density at radius 1 is 1.00 bits per heavy atom. The highest BCUT2D eigenvalue weighted by atomic mass is 16.1.